The summed E-state index contributed by atoms with van der Waals surface area (Å²) in [6.07, 6.45) is 3.01. The lowest BCUT2D eigenvalue weighted by atomic mass is 10.3. The third kappa shape index (κ3) is 5.43. The summed E-state index contributed by atoms with van der Waals surface area (Å²) in [5.74, 6) is 0.928. The van der Waals surface area contributed by atoms with Gasteiger partial charge in [-0.1, -0.05) is 17.7 Å². The maximum Gasteiger partial charge on any atom is 0.275 e. The van der Waals surface area contributed by atoms with E-state index >= 15 is 0 Å². The van der Waals surface area contributed by atoms with Crippen LogP contribution in [0.3, 0.4) is 0 Å². The molecule has 138 valence electrons. The van der Waals surface area contributed by atoms with Crippen LogP contribution in [0, 0.1) is 0 Å². The molecule has 0 aliphatic rings. The molecule has 0 aliphatic carbocycles. The summed E-state index contributed by atoms with van der Waals surface area (Å²) in [6.45, 7) is 3.92. The molecule has 0 unspecified atom stereocenters. The lowest BCUT2D eigenvalue weighted by Gasteiger charge is -2.10. The molecule has 0 bridgehead atoms. The Balaban J connectivity index is 1.61. The van der Waals surface area contributed by atoms with Crippen LogP contribution >= 0.6 is 11.6 Å². The average Bonchev–Trinajstić information content (AvgIpc) is 2.63. The van der Waals surface area contributed by atoms with Crippen LogP contribution in [0.2, 0.25) is 5.02 Å². The van der Waals surface area contributed by atoms with Gasteiger partial charge in [0.2, 0.25) is 0 Å². The van der Waals surface area contributed by atoms with Gasteiger partial charge in [-0.25, -0.2) is 9.97 Å². The second-order valence-electron chi connectivity index (χ2n) is 6.07. The number of amides is 1. The molecule has 1 amide bonds. The fraction of sp³-hybridized carbons (Fsp3) is 0.150. The quantitative estimate of drug-likeness (QED) is 0.633. The van der Waals surface area contributed by atoms with E-state index in [1.165, 1.54) is 12.4 Å². The summed E-state index contributed by atoms with van der Waals surface area (Å²) in [5.41, 5.74) is 1.66. The van der Waals surface area contributed by atoms with Crippen molar-refractivity contribution < 1.29 is 9.53 Å². The van der Waals surface area contributed by atoms with Crippen LogP contribution in [0.25, 0.3) is 0 Å². The Kier molecular flexibility index (Phi) is 5.88. The van der Waals surface area contributed by atoms with Gasteiger partial charge in [0.05, 0.1) is 18.5 Å². The normalized spacial score (nSPS) is 10.5. The van der Waals surface area contributed by atoms with Crippen LogP contribution in [0.1, 0.15) is 24.3 Å². The van der Waals surface area contributed by atoms with Crippen molar-refractivity contribution in [1.29, 1.82) is 0 Å². The lowest BCUT2D eigenvalue weighted by molar-refractivity contribution is 0.102. The molecule has 3 rings (SSSR count). The summed E-state index contributed by atoms with van der Waals surface area (Å²) in [7, 11) is 0. The largest absolute Gasteiger partial charge is 0.491 e. The van der Waals surface area contributed by atoms with Crippen molar-refractivity contribution in [3.8, 4) is 5.75 Å². The zero-order chi connectivity index (χ0) is 19.2. The Hall–Kier alpha value is -3.12. The number of nitrogens with zero attached hydrogens (tertiary/aromatic N) is 2. The van der Waals surface area contributed by atoms with Crippen molar-refractivity contribution in [2.24, 2.45) is 0 Å². The number of rotatable bonds is 6. The predicted octanol–water partition coefficient (Wildman–Crippen LogP) is 4.91. The van der Waals surface area contributed by atoms with Crippen LogP contribution < -0.4 is 15.4 Å². The molecule has 0 saturated heterocycles. The van der Waals surface area contributed by atoms with Gasteiger partial charge in [-0.2, -0.15) is 0 Å². The van der Waals surface area contributed by atoms with E-state index in [1.54, 1.807) is 36.4 Å². The number of nitrogens with one attached hydrogen (secondary N) is 2. The second kappa shape index (κ2) is 8.51. The Bertz CT molecular complexity index is 912. The maximum atomic E-state index is 12.3. The molecule has 7 heteroatoms. The lowest BCUT2D eigenvalue weighted by Crippen LogP contribution is -2.14. The van der Waals surface area contributed by atoms with E-state index in [-0.39, 0.29) is 17.7 Å². The molecule has 0 radical (unpaired) electrons. The molecular formula is C20H19ClN4O2. The summed E-state index contributed by atoms with van der Waals surface area (Å²) in [5, 5.41) is 6.48. The van der Waals surface area contributed by atoms with Gasteiger partial charge in [-0.15, -0.1) is 0 Å². The van der Waals surface area contributed by atoms with E-state index < -0.39 is 0 Å². The highest BCUT2D eigenvalue weighted by molar-refractivity contribution is 6.30. The number of benzene rings is 2. The van der Waals surface area contributed by atoms with Gasteiger partial charge in [0.15, 0.2) is 0 Å². The minimum atomic E-state index is -0.339. The first-order valence-electron chi connectivity index (χ1n) is 8.42. The fourth-order valence-electron chi connectivity index (χ4n) is 2.31. The predicted molar refractivity (Wildman–Crippen MR) is 107 cm³/mol. The number of hydrogen-bond donors (Lipinski definition) is 2. The van der Waals surface area contributed by atoms with Gasteiger partial charge in [0.25, 0.3) is 5.91 Å². The molecule has 2 N–H and O–H groups in total. The van der Waals surface area contributed by atoms with Crippen molar-refractivity contribution in [3.05, 3.63) is 71.6 Å². The van der Waals surface area contributed by atoms with Crippen molar-refractivity contribution in [2.45, 2.75) is 20.0 Å². The van der Waals surface area contributed by atoms with Crippen molar-refractivity contribution in [3.63, 3.8) is 0 Å². The van der Waals surface area contributed by atoms with Gasteiger partial charge in [-0.3, -0.25) is 4.79 Å². The molecule has 3 aromatic rings. The first kappa shape index (κ1) is 18.7. The number of aromatic nitrogens is 2. The van der Waals surface area contributed by atoms with Crippen molar-refractivity contribution in [2.75, 3.05) is 10.6 Å². The van der Waals surface area contributed by atoms with E-state index in [2.05, 4.69) is 20.6 Å². The van der Waals surface area contributed by atoms with Crippen molar-refractivity contribution >= 4 is 34.7 Å². The zero-order valence-electron chi connectivity index (χ0n) is 14.9. The van der Waals surface area contributed by atoms with Gasteiger partial charge >= 0.3 is 0 Å². The topological polar surface area (TPSA) is 76.1 Å². The highest BCUT2D eigenvalue weighted by atomic mass is 35.5. The monoisotopic (exact) mass is 382 g/mol. The summed E-state index contributed by atoms with van der Waals surface area (Å²) < 4.78 is 5.58. The van der Waals surface area contributed by atoms with E-state index in [9.17, 15) is 4.79 Å². The smallest absolute Gasteiger partial charge is 0.275 e. The summed E-state index contributed by atoms with van der Waals surface area (Å²) in [6, 6.07) is 14.4. The van der Waals surface area contributed by atoms with Gasteiger partial charge in [0, 0.05) is 16.4 Å². The number of anilines is 3. The molecule has 1 aromatic heterocycles. The highest BCUT2D eigenvalue weighted by Gasteiger charge is 2.09. The minimum absolute atomic E-state index is 0.0970. The first-order chi connectivity index (χ1) is 13.0. The highest BCUT2D eigenvalue weighted by Crippen LogP contribution is 2.19. The number of hydrogen-bond acceptors (Lipinski definition) is 5. The van der Waals surface area contributed by atoms with E-state index in [0.717, 1.165) is 11.4 Å². The molecule has 6 nitrogen and oxygen atoms in total. The summed E-state index contributed by atoms with van der Waals surface area (Å²) >= 11 is 5.95. The van der Waals surface area contributed by atoms with Gasteiger partial charge in [0.1, 0.15) is 17.3 Å². The van der Waals surface area contributed by atoms with E-state index in [4.69, 9.17) is 16.3 Å². The number of carbonyl (C=O) groups excluding carboxylic acids is 1. The third-order valence-electron chi connectivity index (χ3n) is 3.47. The number of carbonyl (C=O) groups is 1. The van der Waals surface area contributed by atoms with Crippen molar-refractivity contribution in [1.82, 2.24) is 9.97 Å². The van der Waals surface area contributed by atoms with Crippen LogP contribution in [-0.2, 0) is 0 Å². The molecule has 0 saturated carbocycles. The van der Waals surface area contributed by atoms with Gasteiger partial charge < -0.3 is 15.4 Å². The Morgan fingerprint density at radius 2 is 1.81 bits per heavy atom. The van der Waals surface area contributed by atoms with E-state index in [1.807, 2.05) is 26.0 Å². The number of ether oxygens (including phenoxy) is 1. The molecule has 27 heavy (non-hydrogen) atoms. The summed E-state index contributed by atoms with van der Waals surface area (Å²) in [4.78, 5) is 20.7. The SMILES string of the molecule is CC(C)Oc1ccc(NC(=O)c2cnc(Nc3cccc(Cl)c3)cn2)cc1. The van der Waals surface area contributed by atoms with Crippen LogP contribution in [0.4, 0.5) is 17.2 Å². The minimum Gasteiger partial charge on any atom is -0.491 e. The molecule has 2 aromatic carbocycles. The molecule has 0 aliphatic heterocycles. The van der Waals surface area contributed by atoms with Crippen LogP contribution in [-0.4, -0.2) is 22.0 Å². The first-order valence-corrected chi connectivity index (χ1v) is 8.80. The zero-order valence-corrected chi connectivity index (χ0v) is 15.7. The molecule has 1 heterocycles. The van der Waals surface area contributed by atoms with Crippen LogP contribution in [0.15, 0.2) is 60.9 Å². The molecule has 0 spiro atoms. The second-order valence-corrected chi connectivity index (χ2v) is 6.50. The standard InChI is InChI=1S/C20H19ClN4O2/c1-13(2)27-17-8-6-15(7-9-17)25-20(26)18-11-23-19(12-22-18)24-16-5-3-4-14(21)10-16/h3-13H,1-2H3,(H,23,24)(H,25,26). The fourth-order valence-corrected chi connectivity index (χ4v) is 2.50. The van der Waals surface area contributed by atoms with Crippen LogP contribution in [0.5, 0.6) is 5.75 Å². The molecule has 0 atom stereocenters. The number of halogens is 1. The van der Waals surface area contributed by atoms with E-state index in [0.29, 0.717) is 16.5 Å². The Morgan fingerprint density at radius 1 is 1.04 bits per heavy atom. The maximum absolute atomic E-state index is 12.3. The Morgan fingerprint density at radius 3 is 2.44 bits per heavy atom. The van der Waals surface area contributed by atoms with Gasteiger partial charge in [-0.05, 0) is 56.3 Å². The molecular weight excluding hydrogens is 364 g/mol. The Labute approximate surface area is 162 Å². The molecule has 0 fully saturated rings. The average molecular weight is 383 g/mol. The third-order valence-corrected chi connectivity index (χ3v) is 3.70.